The molecule has 0 amide bonds. The highest BCUT2D eigenvalue weighted by atomic mass is 32.7. The van der Waals surface area contributed by atoms with Crippen molar-refractivity contribution in [2.45, 2.75) is 4.90 Å². The third-order valence-electron chi connectivity index (χ3n) is 4.54. The lowest BCUT2D eigenvalue weighted by molar-refractivity contribution is 0.508. The topological polar surface area (TPSA) is 26.3 Å². The lowest BCUT2D eigenvalue weighted by atomic mass is 10.0. The quantitative estimate of drug-likeness (QED) is 0.374. The Hall–Kier alpha value is -2.48. The molecule has 0 saturated carbocycles. The third kappa shape index (κ3) is 2.56. The first-order valence-corrected chi connectivity index (χ1v) is 11.4. The van der Waals surface area contributed by atoms with Crippen molar-refractivity contribution in [3.8, 4) is 16.9 Å². The maximum Gasteiger partial charge on any atom is 0.338 e. The normalized spacial score (nSPS) is 18.0. The van der Waals surface area contributed by atoms with Crippen LogP contribution in [0, 0.1) is 0 Å². The Morgan fingerprint density at radius 1 is 0.692 bits per heavy atom. The molecule has 4 heteroatoms. The van der Waals surface area contributed by atoms with Gasteiger partial charge in [0.25, 0.3) is 0 Å². The summed E-state index contributed by atoms with van der Waals surface area (Å²) in [6.07, 6.45) is 0. The first kappa shape index (κ1) is 15.7. The number of fused-ring (bicyclic) bond motifs is 4. The Kier molecular flexibility index (Phi) is 3.66. The first-order valence-electron chi connectivity index (χ1n) is 8.40. The highest BCUT2D eigenvalue weighted by molar-refractivity contribution is 8.59. The van der Waals surface area contributed by atoms with Crippen molar-refractivity contribution in [1.29, 1.82) is 0 Å². The summed E-state index contributed by atoms with van der Waals surface area (Å²) >= 11 is 1.32. The van der Waals surface area contributed by atoms with Crippen LogP contribution in [0.2, 0.25) is 0 Å². The van der Waals surface area contributed by atoms with Gasteiger partial charge in [-0.2, -0.15) is 0 Å². The van der Waals surface area contributed by atoms with Gasteiger partial charge in [-0.3, -0.25) is 4.57 Å². The molecule has 0 aromatic heterocycles. The predicted molar refractivity (Wildman–Crippen MR) is 110 cm³/mol. The standard InChI is InChI=1S/C22H15O2PS/c23-25(26-18-14-13-16-7-1-2-8-17(16)15-18)22-12-6-4-10-20(22)19-9-3-5-11-21(19)24-25/h1-15H. The molecule has 0 fully saturated rings. The van der Waals surface area contributed by atoms with Gasteiger partial charge in [0, 0.05) is 16.0 Å². The second kappa shape index (κ2) is 6.05. The Morgan fingerprint density at radius 2 is 1.38 bits per heavy atom. The van der Waals surface area contributed by atoms with E-state index in [1.165, 1.54) is 16.8 Å². The Morgan fingerprint density at radius 3 is 2.27 bits per heavy atom. The molecule has 0 saturated heterocycles. The van der Waals surface area contributed by atoms with Crippen LogP contribution >= 0.6 is 18.0 Å². The molecule has 1 aliphatic heterocycles. The highest BCUT2D eigenvalue weighted by Gasteiger charge is 2.37. The molecule has 4 aromatic rings. The Bertz CT molecular complexity index is 1190. The van der Waals surface area contributed by atoms with Gasteiger partial charge in [0.2, 0.25) is 0 Å². The summed E-state index contributed by atoms with van der Waals surface area (Å²) < 4.78 is 19.9. The minimum Gasteiger partial charge on any atom is -0.432 e. The zero-order valence-corrected chi connectivity index (χ0v) is 15.5. The van der Waals surface area contributed by atoms with Crippen LogP contribution in [0.25, 0.3) is 21.9 Å². The van der Waals surface area contributed by atoms with E-state index in [0.29, 0.717) is 5.75 Å². The lowest BCUT2D eigenvalue weighted by Crippen LogP contribution is -2.15. The minimum atomic E-state index is -3.12. The van der Waals surface area contributed by atoms with E-state index in [-0.39, 0.29) is 0 Å². The minimum absolute atomic E-state index is 0.683. The van der Waals surface area contributed by atoms with E-state index < -0.39 is 6.57 Å². The predicted octanol–water partition coefficient (Wildman–Crippen LogP) is 6.51. The Labute approximate surface area is 156 Å². The monoisotopic (exact) mass is 374 g/mol. The van der Waals surface area contributed by atoms with Gasteiger partial charge >= 0.3 is 6.57 Å². The van der Waals surface area contributed by atoms with E-state index in [0.717, 1.165) is 26.7 Å². The van der Waals surface area contributed by atoms with Crippen molar-refractivity contribution in [3.63, 3.8) is 0 Å². The van der Waals surface area contributed by atoms with Crippen LogP contribution in [0.5, 0.6) is 5.75 Å². The number of benzene rings is 4. The fourth-order valence-electron chi connectivity index (χ4n) is 3.32. The average Bonchev–Trinajstić information content (AvgIpc) is 2.68. The third-order valence-corrected chi connectivity index (χ3v) is 8.83. The molecule has 1 atom stereocenters. The van der Waals surface area contributed by atoms with Crippen molar-refractivity contribution in [1.82, 2.24) is 0 Å². The van der Waals surface area contributed by atoms with Gasteiger partial charge in [-0.05, 0) is 46.4 Å². The zero-order chi connectivity index (χ0) is 17.6. The maximum atomic E-state index is 13.9. The summed E-state index contributed by atoms with van der Waals surface area (Å²) in [6, 6.07) is 30.0. The van der Waals surface area contributed by atoms with E-state index >= 15 is 0 Å². The molecule has 126 valence electrons. The van der Waals surface area contributed by atoms with Crippen LogP contribution in [0.4, 0.5) is 0 Å². The van der Waals surface area contributed by atoms with Gasteiger partial charge in [-0.1, -0.05) is 66.7 Å². The van der Waals surface area contributed by atoms with Crippen molar-refractivity contribution >= 4 is 34.0 Å². The molecule has 0 radical (unpaired) electrons. The summed E-state index contributed by atoms with van der Waals surface area (Å²) in [4.78, 5) is 0.946. The molecule has 5 rings (SSSR count). The summed E-state index contributed by atoms with van der Waals surface area (Å²) in [7, 11) is 0. The van der Waals surface area contributed by atoms with Crippen molar-refractivity contribution in [2.24, 2.45) is 0 Å². The molecule has 4 aromatic carbocycles. The number of hydrogen-bond donors (Lipinski definition) is 0. The molecule has 26 heavy (non-hydrogen) atoms. The smallest absolute Gasteiger partial charge is 0.338 e. The first-order chi connectivity index (χ1) is 12.7. The molecule has 2 nitrogen and oxygen atoms in total. The molecule has 0 N–H and O–H groups in total. The van der Waals surface area contributed by atoms with Crippen molar-refractivity contribution in [3.05, 3.63) is 91.0 Å². The number of hydrogen-bond acceptors (Lipinski definition) is 3. The summed E-state index contributed by atoms with van der Waals surface area (Å²) in [5, 5.41) is 3.08. The molecule has 0 bridgehead atoms. The Balaban J connectivity index is 1.63. The lowest BCUT2D eigenvalue weighted by Gasteiger charge is -2.27. The van der Waals surface area contributed by atoms with Crippen LogP contribution < -0.4 is 9.83 Å². The second-order valence-electron chi connectivity index (χ2n) is 6.20. The zero-order valence-electron chi connectivity index (χ0n) is 13.8. The van der Waals surface area contributed by atoms with Crippen molar-refractivity contribution in [2.75, 3.05) is 0 Å². The van der Waals surface area contributed by atoms with Crippen LogP contribution in [0.15, 0.2) is 95.9 Å². The molecule has 1 unspecified atom stereocenters. The molecule has 1 heterocycles. The maximum absolute atomic E-state index is 13.9. The molecule has 0 aliphatic carbocycles. The second-order valence-corrected chi connectivity index (χ2v) is 10.5. The van der Waals surface area contributed by atoms with Crippen LogP contribution in [-0.2, 0) is 4.57 Å². The number of rotatable bonds is 2. The fourth-order valence-corrected chi connectivity index (χ4v) is 7.61. The van der Waals surface area contributed by atoms with Crippen molar-refractivity contribution < 1.29 is 9.09 Å². The fraction of sp³-hybridized carbons (Fsp3) is 0. The number of para-hydroxylation sites is 1. The van der Waals surface area contributed by atoms with E-state index in [2.05, 4.69) is 24.3 Å². The van der Waals surface area contributed by atoms with Crippen LogP contribution in [-0.4, -0.2) is 0 Å². The summed E-state index contributed by atoms with van der Waals surface area (Å²) in [5.41, 5.74) is 1.99. The van der Waals surface area contributed by atoms with Gasteiger partial charge in [0.1, 0.15) is 5.75 Å². The van der Waals surface area contributed by atoms with E-state index in [4.69, 9.17) is 4.52 Å². The molecular formula is C22H15O2PS. The SMILES string of the molecule is O=P1(Sc2ccc3ccccc3c2)Oc2ccccc2-c2ccccc21. The highest BCUT2D eigenvalue weighted by Crippen LogP contribution is 2.65. The molecular weight excluding hydrogens is 359 g/mol. The van der Waals surface area contributed by atoms with Gasteiger partial charge < -0.3 is 4.52 Å². The summed E-state index contributed by atoms with van der Waals surface area (Å²) in [6.45, 7) is -3.12. The van der Waals surface area contributed by atoms with Gasteiger partial charge in [0.15, 0.2) is 0 Å². The summed E-state index contributed by atoms with van der Waals surface area (Å²) in [5.74, 6) is 0.683. The average molecular weight is 374 g/mol. The largest absolute Gasteiger partial charge is 0.432 e. The van der Waals surface area contributed by atoms with E-state index in [9.17, 15) is 4.57 Å². The van der Waals surface area contributed by atoms with E-state index in [1.807, 2.05) is 66.7 Å². The molecule has 0 spiro atoms. The van der Waals surface area contributed by atoms with E-state index in [1.54, 1.807) is 0 Å². The van der Waals surface area contributed by atoms with Gasteiger partial charge in [0.05, 0.1) is 5.30 Å². The van der Waals surface area contributed by atoms with Gasteiger partial charge in [-0.15, -0.1) is 0 Å². The van der Waals surface area contributed by atoms with Crippen LogP contribution in [0.1, 0.15) is 0 Å². The van der Waals surface area contributed by atoms with Crippen LogP contribution in [0.3, 0.4) is 0 Å². The van der Waals surface area contributed by atoms with Gasteiger partial charge in [-0.25, -0.2) is 0 Å². The molecule has 1 aliphatic rings.